The van der Waals surface area contributed by atoms with E-state index in [-0.39, 0.29) is 11.6 Å². The molecule has 0 radical (unpaired) electrons. The summed E-state index contributed by atoms with van der Waals surface area (Å²) in [5, 5.41) is 4.55. The van der Waals surface area contributed by atoms with Crippen LogP contribution in [0.25, 0.3) is 11.3 Å². The number of pyridine rings is 1. The van der Waals surface area contributed by atoms with Crippen molar-refractivity contribution >= 4 is 0 Å². The second-order valence-corrected chi connectivity index (χ2v) is 6.61. The molecule has 0 amide bonds. The molecule has 0 bridgehead atoms. The molecular formula is C19H21N5O2. The minimum atomic E-state index is -0.0866. The van der Waals surface area contributed by atoms with Gasteiger partial charge in [0.25, 0.3) is 5.56 Å². The topological polar surface area (TPSA) is 77.1 Å². The molecule has 0 aromatic carbocycles. The van der Waals surface area contributed by atoms with Gasteiger partial charge in [-0.25, -0.2) is 9.67 Å². The zero-order valence-electron chi connectivity index (χ0n) is 14.7. The van der Waals surface area contributed by atoms with E-state index >= 15 is 0 Å². The molecule has 134 valence electrons. The van der Waals surface area contributed by atoms with Crippen LogP contribution < -0.4 is 5.56 Å². The molecule has 0 spiro atoms. The van der Waals surface area contributed by atoms with Gasteiger partial charge >= 0.3 is 0 Å². The third kappa shape index (κ3) is 3.57. The number of likely N-dealkylation sites (tertiary alicyclic amines) is 1. The summed E-state index contributed by atoms with van der Waals surface area (Å²) >= 11 is 0. The third-order valence-corrected chi connectivity index (χ3v) is 4.71. The molecule has 0 aliphatic carbocycles. The number of hydrogen-bond donors (Lipinski definition) is 0. The molecule has 26 heavy (non-hydrogen) atoms. The van der Waals surface area contributed by atoms with Gasteiger partial charge in [0.2, 0.25) is 5.89 Å². The van der Waals surface area contributed by atoms with E-state index < -0.39 is 0 Å². The van der Waals surface area contributed by atoms with Gasteiger partial charge in [0.1, 0.15) is 5.76 Å². The van der Waals surface area contributed by atoms with Gasteiger partial charge in [0.05, 0.1) is 25.0 Å². The Morgan fingerprint density at radius 3 is 2.96 bits per heavy atom. The molecular weight excluding hydrogens is 330 g/mol. The number of aromatic nitrogens is 4. The molecule has 3 aromatic heterocycles. The van der Waals surface area contributed by atoms with Crippen LogP contribution in [0.15, 0.2) is 52.1 Å². The van der Waals surface area contributed by atoms with Crippen molar-refractivity contribution in [2.24, 2.45) is 0 Å². The van der Waals surface area contributed by atoms with Crippen molar-refractivity contribution < 1.29 is 4.42 Å². The standard InChI is InChI=1S/C19H21N5O2/c1-14-10-21-18(26-14)13-23-9-3-5-16(23)12-24-19(25)7-6-17(22-24)15-4-2-8-20-11-15/h2,4,6-8,10-11,16H,3,5,9,12-13H2,1H3. The smallest absolute Gasteiger partial charge is 0.266 e. The molecule has 1 saturated heterocycles. The Labute approximate surface area is 151 Å². The summed E-state index contributed by atoms with van der Waals surface area (Å²) in [6.45, 7) is 4.09. The van der Waals surface area contributed by atoms with E-state index in [1.54, 1.807) is 35.4 Å². The van der Waals surface area contributed by atoms with E-state index in [0.717, 1.165) is 42.3 Å². The van der Waals surface area contributed by atoms with Crippen LogP contribution in [0, 0.1) is 6.92 Å². The Hall–Kier alpha value is -2.80. The van der Waals surface area contributed by atoms with Gasteiger partial charge in [-0.3, -0.25) is 14.7 Å². The lowest BCUT2D eigenvalue weighted by Gasteiger charge is -2.23. The number of aryl methyl sites for hydroxylation is 1. The second-order valence-electron chi connectivity index (χ2n) is 6.61. The molecule has 0 N–H and O–H groups in total. The van der Waals surface area contributed by atoms with Crippen LogP contribution in [0.5, 0.6) is 0 Å². The lowest BCUT2D eigenvalue weighted by Crippen LogP contribution is -2.36. The van der Waals surface area contributed by atoms with Gasteiger partial charge in [0, 0.05) is 30.1 Å². The summed E-state index contributed by atoms with van der Waals surface area (Å²) in [4.78, 5) is 23.0. The highest BCUT2D eigenvalue weighted by atomic mass is 16.4. The maximum atomic E-state index is 12.3. The van der Waals surface area contributed by atoms with E-state index in [1.807, 2.05) is 19.1 Å². The minimum absolute atomic E-state index is 0.0866. The normalized spacial score (nSPS) is 17.7. The van der Waals surface area contributed by atoms with Crippen LogP contribution in [-0.4, -0.2) is 37.2 Å². The van der Waals surface area contributed by atoms with Crippen molar-refractivity contribution in [2.75, 3.05) is 6.54 Å². The Kier molecular flexibility index (Phi) is 4.62. The Morgan fingerprint density at radius 1 is 1.27 bits per heavy atom. The predicted octanol–water partition coefficient (Wildman–Crippen LogP) is 2.27. The van der Waals surface area contributed by atoms with Crippen molar-refractivity contribution in [1.82, 2.24) is 24.6 Å². The van der Waals surface area contributed by atoms with E-state index in [4.69, 9.17) is 4.42 Å². The molecule has 1 aliphatic rings. The van der Waals surface area contributed by atoms with Gasteiger partial charge in [0.15, 0.2) is 0 Å². The average molecular weight is 351 g/mol. The summed E-state index contributed by atoms with van der Waals surface area (Å²) in [7, 11) is 0. The van der Waals surface area contributed by atoms with Gasteiger partial charge in [-0.05, 0) is 44.5 Å². The highest BCUT2D eigenvalue weighted by Crippen LogP contribution is 2.21. The Balaban J connectivity index is 1.53. The quantitative estimate of drug-likeness (QED) is 0.702. The summed E-state index contributed by atoms with van der Waals surface area (Å²) < 4.78 is 7.16. The third-order valence-electron chi connectivity index (χ3n) is 4.71. The van der Waals surface area contributed by atoms with E-state index in [2.05, 4.69) is 20.0 Å². The van der Waals surface area contributed by atoms with Crippen molar-refractivity contribution in [1.29, 1.82) is 0 Å². The van der Waals surface area contributed by atoms with Crippen molar-refractivity contribution in [3.63, 3.8) is 0 Å². The fourth-order valence-electron chi connectivity index (χ4n) is 3.41. The summed E-state index contributed by atoms with van der Waals surface area (Å²) in [5.41, 5.74) is 1.57. The monoisotopic (exact) mass is 351 g/mol. The number of hydrogen-bond acceptors (Lipinski definition) is 6. The van der Waals surface area contributed by atoms with Crippen molar-refractivity contribution in [3.8, 4) is 11.3 Å². The molecule has 7 nitrogen and oxygen atoms in total. The van der Waals surface area contributed by atoms with E-state index in [0.29, 0.717) is 13.1 Å². The zero-order valence-corrected chi connectivity index (χ0v) is 14.7. The fraction of sp³-hybridized carbons (Fsp3) is 0.368. The van der Waals surface area contributed by atoms with Crippen LogP contribution in [-0.2, 0) is 13.1 Å². The molecule has 1 fully saturated rings. The summed E-state index contributed by atoms with van der Waals surface area (Å²) in [6.07, 6.45) is 7.35. The molecule has 1 unspecified atom stereocenters. The average Bonchev–Trinajstić information content (AvgIpc) is 3.27. The van der Waals surface area contributed by atoms with Crippen LogP contribution in [0.1, 0.15) is 24.5 Å². The number of nitrogens with zero attached hydrogens (tertiary/aromatic N) is 5. The molecule has 4 heterocycles. The first-order chi connectivity index (χ1) is 12.7. The SMILES string of the molecule is Cc1cnc(CN2CCCC2Cn2nc(-c3cccnc3)ccc2=O)o1. The Morgan fingerprint density at radius 2 is 2.19 bits per heavy atom. The number of oxazole rings is 1. The summed E-state index contributed by atoms with van der Waals surface area (Å²) in [5.74, 6) is 1.54. The molecule has 1 atom stereocenters. The second kappa shape index (κ2) is 7.21. The molecule has 1 aliphatic heterocycles. The van der Waals surface area contributed by atoms with Gasteiger partial charge < -0.3 is 4.42 Å². The van der Waals surface area contributed by atoms with Gasteiger partial charge in [-0.15, -0.1) is 0 Å². The minimum Gasteiger partial charge on any atom is -0.445 e. The number of rotatable bonds is 5. The van der Waals surface area contributed by atoms with Crippen LogP contribution in [0.4, 0.5) is 0 Å². The first-order valence-corrected chi connectivity index (χ1v) is 8.83. The molecule has 4 rings (SSSR count). The highest BCUT2D eigenvalue weighted by Gasteiger charge is 2.26. The van der Waals surface area contributed by atoms with Crippen molar-refractivity contribution in [3.05, 3.63) is 64.9 Å². The predicted molar refractivity (Wildman–Crippen MR) is 96.4 cm³/mol. The lowest BCUT2D eigenvalue weighted by atomic mass is 10.2. The Bertz CT molecular complexity index is 934. The highest BCUT2D eigenvalue weighted by molar-refractivity contribution is 5.56. The molecule has 7 heteroatoms. The van der Waals surface area contributed by atoms with Crippen molar-refractivity contribution in [2.45, 2.75) is 38.9 Å². The first kappa shape index (κ1) is 16.7. The van der Waals surface area contributed by atoms with Crippen LogP contribution >= 0.6 is 0 Å². The summed E-state index contributed by atoms with van der Waals surface area (Å²) in [6, 6.07) is 7.38. The first-order valence-electron chi connectivity index (χ1n) is 8.83. The molecule has 0 saturated carbocycles. The van der Waals surface area contributed by atoms with E-state index in [1.165, 1.54) is 0 Å². The van der Waals surface area contributed by atoms with Gasteiger partial charge in [-0.1, -0.05) is 0 Å². The van der Waals surface area contributed by atoms with Crippen LogP contribution in [0.3, 0.4) is 0 Å². The largest absolute Gasteiger partial charge is 0.445 e. The van der Waals surface area contributed by atoms with E-state index in [9.17, 15) is 4.79 Å². The van der Waals surface area contributed by atoms with Crippen LogP contribution in [0.2, 0.25) is 0 Å². The lowest BCUT2D eigenvalue weighted by molar-refractivity contribution is 0.197. The maximum Gasteiger partial charge on any atom is 0.266 e. The maximum absolute atomic E-state index is 12.3. The molecule has 3 aromatic rings. The fourth-order valence-corrected chi connectivity index (χ4v) is 3.41. The zero-order chi connectivity index (χ0) is 17.9. The van der Waals surface area contributed by atoms with Gasteiger partial charge in [-0.2, -0.15) is 5.10 Å².